The molecule has 0 radical (unpaired) electrons. The smallest absolute Gasteiger partial charge is 0.347 e. The van der Waals surface area contributed by atoms with Crippen LogP contribution >= 0.6 is 0 Å². The number of nitrogens with zero attached hydrogens (tertiary/aromatic N) is 3. The molecule has 1 amide bonds. The summed E-state index contributed by atoms with van der Waals surface area (Å²) in [4.78, 5) is 29.4. The molecule has 1 unspecified atom stereocenters. The molecular formula is C25H18F6N4O3. The van der Waals surface area contributed by atoms with Crippen molar-refractivity contribution in [1.29, 1.82) is 0 Å². The molecule has 0 saturated carbocycles. The number of fused-ring (bicyclic) bond motifs is 2. The van der Waals surface area contributed by atoms with Gasteiger partial charge in [0.2, 0.25) is 11.8 Å². The summed E-state index contributed by atoms with van der Waals surface area (Å²) in [6, 6.07) is 2.49. The van der Waals surface area contributed by atoms with Crippen LogP contribution in [0.5, 0.6) is 0 Å². The molecule has 5 rings (SSSR count). The Morgan fingerprint density at radius 2 is 1.74 bits per heavy atom. The van der Waals surface area contributed by atoms with Crippen LogP contribution in [0.2, 0.25) is 0 Å². The summed E-state index contributed by atoms with van der Waals surface area (Å²) in [5.41, 5.74) is -1.16. The van der Waals surface area contributed by atoms with Gasteiger partial charge in [0.15, 0.2) is 5.82 Å². The van der Waals surface area contributed by atoms with E-state index < -0.39 is 76.3 Å². The molecule has 198 valence electrons. The van der Waals surface area contributed by atoms with E-state index in [9.17, 15) is 35.9 Å². The number of aromatic nitrogens is 3. The van der Waals surface area contributed by atoms with Crippen molar-refractivity contribution < 1.29 is 35.6 Å². The SMILES string of the molecule is O=C(Cn1nc(C(F)F)c2c1CCC2)NC(Cc1cc(F)cc(F)c1)c1nc2c(F)cc(F)cc2c(=O)o1. The van der Waals surface area contributed by atoms with Gasteiger partial charge in [-0.05, 0) is 43.0 Å². The van der Waals surface area contributed by atoms with Gasteiger partial charge in [-0.1, -0.05) is 0 Å². The van der Waals surface area contributed by atoms with Crippen molar-refractivity contribution >= 4 is 16.8 Å². The third-order valence-corrected chi connectivity index (χ3v) is 6.20. The molecular weight excluding hydrogens is 518 g/mol. The van der Waals surface area contributed by atoms with E-state index >= 15 is 0 Å². The summed E-state index contributed by atoms with van der Waals surface area (Å²) < 4.78 is 88.7. The number of hydrogen-bond acceptors (Lipinski definition) is 5. The summed E-state index contributed by atoms with van der Waals surface area (Å²) >= 11 is 0. The number of amides is 1. The van der Waals surface area contributed by atoms with Gasteiger partial charge >= 0.3 is 5.63 Å². The first-order valence-corrected chi connectivity index (χ1v) is 11.5. The highest BCUT2D eigenvalue weighted by Gasteiger charge is 2.29. The van der Waals surface area contributed by atoms with E-state index in [0.29, 0.717) is 42.7 Å². The molecule has 0 bridgehead atoms. The minimum atomic E-state index is -2.82. The molecule has 1 aliphatic carbocycles. The summed E-state index contributed by atoms with van der Waals surface area (Å²) in [5.74, 6) is -5.30. The van der Waals surface area contributed by atoms with Gasteiger partial charge in [-0.3, -0.25) is 9.48 Å². The van der Waals surface area contributed by atoms with Gasteiger partial charge in [-0.25, -0.2) is 36.1 Å². The lowest BCUT2D eigenvalue weighted by atomic mass is 10.0. The Balaban J connectivity index is 1.50. The van der Waals surface area contributed by atoms with Crippen molar-refractivity contribution in [2.75, 3.05) is 0 Å². The first kappa shape index (κ1) is 25.5. The van der Waals surface area contributed by atoms with Crippen LogP contribution in [-0.2, 0) is 30.6 Å². The lowest BCUT2D eigenvalue weighted by Crippen LogP contribution is -2.34. The van der Waals surface area contributed by atoms with Crippen molar-refractivity contribution in [3.05, 3.63) is 92.4 Å². The van der Waals surface area contributed by atoms with Crippen LogP contribution in [0.3, 0.4) is 0 Å². The van der Waals surface area contributed by atoms with Crippen LogP contribution in [0.4, 0.5) is 26.3 Å². The van der Waals surface area contributed by atoms with E-state index in [1.165, 1.54) is 0 Å². The lowest BCUT2D eigenvalue weighted by Gasteiger charge is -2.18. The van der Waals surface area contributed by atoms with Crippen molar-refractivity contribution in [3.63, 3.8) is 0 Å². The topological polar surface area (TPSA) is 90.0 Å². The number of nitrogens with one attached hydrogen (secondary N) is 1. The van der Waals surface area contributed by atoms with E-state index in [1.807, 2.05) is 0 Å². The van der Waals surface area contributed by atoms with E-state index in [2.05, 4.69) is 15.4 Å². The molecule has 1 aliphatic rings. The highest BCUT2D eigenvalue weighted by atomic mass is 19.3. The van der Waals surface area contributed by atoms with Gasteiger partial charge in [0.1, 0.15) is 41.2 Å². The third-order valence-electron chi connectivity index (χ3n) is 6.20. The van der Waals surface area contributed by atoms with E-state index in [1.54, 1.807) is 0 Å². The van der Waals surface area contributed by atoms with Crippen LogP contribution in [0.1, 0.15) is 47.3 Å². The summed E-state index contributed by atoms with van der Waals surface area (Å²) in [5, 5.41) is 5.88. The molecule has 2 aromatic heterocycles. The first-order chi connectivity index (χ1) is 18.1. The number of alkyl halides is 2. The lowest BCUT2D eigenvalue weighted by molar-refractivity contribution is -0.122. The Morgan fingerprint density at radius 3 is 2.45 bits per heavy atom. The highest BCUT2D eigenvalue weighted by Crippen LogP contribution is 2.31. The van der Waals surface area contributed by atoms with Gasteiger partial charge in [0.25, 0.3) is 6.43 Å². The number of rotatable bonds is 7. The monoisotopic (exact) mass is 536 g/mol. The summed E-state index contributed by atoms with van der Waals surface area (Å²) in [6.45, 7) is -0.486. The van der Waals surface area contributed by atoms with Crippen LogP contribution in [-0.4, -0.2) is 20.7 Å². The maximum Gasteiger partial charge on any atom is 0.347 e. The maximum absolute atomic E-state index is 14.4. The number of carbonyl (C=O) groups excluding carboxylic acids is 1. The van der Waals surface area contributed by atoms with Crippen LogP contribution in [0.15, 0.2) is 39.5 Å². The zero-order chi connectivity index (χ0) is 27.1. The Hall–Kier alpha value is -4.16. The Bertz CT molecular complexity index is 1600. The fourth-order valence-corrected chi connectivity index (χ4v) is 4.65. The predicted molar refractivity (Wildman–Crippen MR) is 120 cm³/mol. The molecule has 2 heterocycles. The van der Waals surface area contributed by atoms with Gasteiger partial charge in [-0.15, -0.1) is 0 Å². The van der Waals surface area contributed by atoms with Gasteiger partial charge in [0, 0.05) is 29.8 Å². The molecule has 1 atom stereocenters. The molecule has 2 aromatic carbocycles. The number of hydrogen-bond donors (Lipinski definition) is 1. The molecule has 7 nitrogen and oxygen atoms in total. The zero-order valence-corrected chi connectivity index (χ0v) is 19.4. The second-order valence-electron chi connectivity index (χ2n) is 8.85. The summed E-state index contributed by atoms with van der Waals surface area (Å²) in [7, 11) is 0. The average molecular weight is 536 g/mol. The van der Waals surface area contributed by atoms with E-state index in [-0.39, 0.29) is 12.0 Å². The Labute approximate surface area is 210 Å². The minimum absolute atomic E-state index is 0.0388. The zero-order valence-electron chi connectivity index (χ0n) is 19.4. The minimum Gasteiger partial charge on any atom is -0.406 e. The van der Waals surface area contributed by atoms with Gasteiger partial charge < -0.3 is 9.73 Å². The number of halogens is 6. The quantitative estimate of drug-likeness (QED) is 0.352. The molecule has 4 aromatic rings. The van der Waals surface area contributed by atoms with E-state index in [0.717, 1.165) is 22.9 Å². The second-order valence-corrected chi connectivity index (χ2v) is 8.85. The normalized spacial score (nSPS) is 13.8. The predicted octanol–water partition coefficient (Wildman–Crippen LogP) is 4.47. The van der Waals surface area contributed by atoms with E-state index in [4.69, 9.17) is 4.42 Å². The standard InChI is InChI=1S/C25H18F6N4O3/c26-12-4-11(5-13(27)7-12)6-18(24-33-21-16(25(37)38-24)8-14(28)9-17(21)29)32-20(36)10-35-19-3-1-2-15(19)22(34-35)23(30)31/h4-5,7-9,18,23H,1-3,6,10H2,(H,32,36). The Kier molecular flexibility index (Phi) is 6.67. The molecule has 1 N–H and O–H groups in total. The van der Waals surface area contributed by atoms with Gasteiger partial charge in [-0.2, -0.15) is 5.10 Å². The van der Waals surface area contributed by atoms with Gasteiger partial charge in [0.05, 0.1) is 5.39 Å². The maximum atomic E-state index is 14.4. The molecule has 0 fully saturated rings. The highest BCUT2D eigenvalue weighted by molar-refractivity contribution is 5.78. The average Bonchev–Trinajstić information content (AvgIpc) is 3.42. The molecule has 0 saturated heterocycles. The van der Waals surface area contributed by atoms with Crippen molar-refractivity contribution in [2.45, 2.75) is 44.7 Å². The van der Waals surface area contributed by atoms with Crippen LogP contribution in [0, 0.1) is 23.3 Å². The molecule has 38 heavy (non-hydrogen) atoms. The summed E-state index contributed by atoms with van der Waals surface area (Å²) in [6.07, 6.45) is -1.68. The molecule has 0 spiro atoms. The Morgan fingerprint density at radius 1 is 1.03 bits per heavy atom. The number of benzene rings is 2. The second kappa shape index (κ2) is 9.95. The third kappa shape index (κ3) is 5.00. The largest absolute Gasteiger partial charge is 0.406 e. The van der Waals surface area contributed by atoms with Crippen molar-refractivity contribution in [2.24, 2.45) is 0 Å². The fourth-order valence-electron chi connectivity index (χ4n) is 4.65. The molecule has 0 aliphatic heterocycles. The van der Waals surface area contributed by atoms with Crippen LogP contribution < -0.4 is 10.9 Å². The van der Waals surface area contributed by atoms with Crippen molar-refractivity contribution in [3.8, 4) is 0 Å². The van der Waals surface area contributed by atoms with Crippen molar-refractivity contribution in [1.82, 2.24) is 20.1 Å². The molecule has 13 heteroatoms. The van der Waals surface area contributed by atoms with Crippen LogP contribution in [0.25, 0.3) is 10.9 Å². The first-order valence-electron chi connectivity index (χ1n) is 11.5. The fraction of sp³-hybridized carbons (Fsp3) is 0.280. The number of carbonyl (C=O) groups is 1.